The fraction of sp³-hybridized carbons (Fsp3) is 0.893. The Balaban J connectivity index is 3.35. The Hall–Kier alpha value is -1.59. The molecule has 0 saturated heterocycles. The molecule has 3 N–H and O–H groups in total. The van der Waals surface area contributed by atoms with Crippen molar-refractivity contribution in [3.8, 4) is 0 Å². The Morgan fingerprint density at radius 3 is 1.24 bits per heavy atom. The van der Waals surface area contributed by atoms with E-state index in [1.54, 1.807) is 0 Å². The molecule has 1 amide bonds. The zero-order valence-corrected chi connectivity index (χ0v) is 22.0. The number of aliphatic carboxylic acids is 2. The van der Waals surface area contributed by atoms with E-state index >= 15 is 0 Å². The third-order valence-corrected chi connectivity index (χ3v) is 6.54. The molecule has 0 aliphatic carbocycles. The van der Waals surface area contributed by atoms with Crippen LogP contribution in [0.25, 0.3) is 0 Å². The first-order valence-electron chi connectivity index (χ1n) is 14.2. The molecule has 0 aromatic carbocycles. The predicted octanol–water partition coefficient (Wildman–Crippen LogP) is 7.63. The maximum atomic E-state index is 11.9. The van der Waals surface area contributed by atoms with Crippen LogP contribution < -0.4 is 5.32 Å². The van der Waals surface area contributed by atoms with E-state index in [0.29, 0.717) is 6.42 Å². The number of carboxylic acids is 2. The first-order valence-corrected chi connectivity index (χ1v) is 14.2. The second-order valence-corrected chi connectivity index (χ2v) is 9.86. The second kappa shape index (κ2) is 24.5. The van der Waals surface area contributed by atoms with Crippen LogP contribution in [-0.4, -0.2) is 34.1 Å². The molecule has 0 bridgehead atoms. The zero-order valence-electron chi connectivity index (χ0n) is 22.0. The van der Waals surface area contributed by atoms with Crippen LogP contribution in [0, 0.1) is 0 Å². The highest BCUT2D eigenvalue weighted by Crippen LogP contribution is 2.15. The van der Waals surface area contributed by atoms with Gasteiger partial charge >= 0.3 is 11.9 Å². The largest absolute Gasteiger partial charge is 0.481 e. The van der Waals surface area contributed by atoms with Crippen molar-refractivity contribution >= 4 is 17.8 Å². The minimum absolute atomic E-state index is 0.0876. The summed E-state index contributed by atoms with van der Waals surface area (Å²) in [5.74, 6) is -2.55. The van der Waals surface area contributed by atoms with Gasteiger partial charge in [-0.25, -0.2) is 4.79 Å². The van der Waals surface area contributed by atoms with Gasteiger partial charge in [0.15, 0.2) is 0 Å². The number of hydrogen-bond donors (Lipinski definition) is 3. The maximum Gasteiger partial charge on any atom is 0.326 e. The molecule has 0 aliphatic heterocycles. The van der Waals surface area contributed by atoms with Crippen molar-refractivity contribution in [1.29, 1.82) is 0 Å². The van der Waals surface area contributed by atoms with E-state index in [1.807, 2.05) is 0 Å². The van der Waals surface area contributed by atoms with E-state index in [9.17, 15) is 14.4 Å². The number of rotatable bonds is 26. The summed E-state index contributed by atoms with van der Waals surface area (Å²) in [6, 6.07) is -1.12. The standard InChI is InChI=1S/C28H53NO5/c1-2-3-4-5-6-7-8-9-10-11-12-13-14-15-16-17-18-19-20-21-22-26(30)29-25(28(33)34)23-24-27(31)32/h25H,2-24H2,1H3,(H,29,30)(H,31,32)(H,33,34)/t25-/m0/s1. The molecule has 0 saturated carbocycles. The average molecular weight is 484 g/mol. The van der Waals surface area contributed by atoms with E-state index in [-0.39, 0.29) is 18.7 Å². The Morgan fingerprint density at radius 2 is 0.912 bits per heavy atom. The second-order valence-electron chi connectivity index (χ2n) is 9.86. The Morgan fingerprint density at radius 1 is 0.559 bits per heavy atom. The number of carbonyl (C=O) groups is 3. The van der Waals surface area contributed by atoms with E-state index in [2.05, 4.69) is 12.2 Å². The smallest absolute Gasteiger partial charge is 0.326 e. The van der Waals surface area contributed by atoms with E-state index in [0.717, 1.165) is 19.3 Å². The fourth-order valence-electron chi connectivity index (χ4n) is 4.33. The molecule has 0 unspecified atom stereocenters. The van der Waals surface area contributed by atoms with Crippen LogP contribution >= 0.6 is 0 Å². The number of carboxylic acid groups (broad SMARTS) is 2. The molecule has 0 fully saturated rings. The molecule has 6 heteroatoms. The molecule has 6 nitrogen and oxygen atoms in total. The summed E-state index contributed by atoms with van der Waals surface area (Å²) in [6.45, 7) is 2.27. The zero-order chi connectivity index (χ0) is 25.3. The third-order valence-electron chi connectivity index (χ3n) is 6.54. The van der Waals surface area contributed by atoms with Crippen LogP contribution in [0.2, 0.25) is 0 Å². The Labute approximate surface area is 208 Å². The van der Waals surface area contributed by atoms with Crippen molar-refractivity contribution < 1.29 is 24.6 Å². The molecule has 0 aliphatic rings. The average Bonchev–Trinajstić information content (AvgIpc) is 2.80. The molecule has 0 heterocycles. The Kier molecular flexibility index (Phi) is 23.4. The van der Waals surface area contributed by atoms with Crippen LogP contribution in [0.5, 0.6) is 0 Å². The summed E-state index contributed by atoms with van der Waals surface area (Å²) < 4.78 is 0. The lowest BCUT2D eigenvalue weighted by Crippen LogP contribution is -2.41. The van der Waals surface area contributed by atoms with Gasteiger partial charge in [0.25, 0.3) is 0 Å². The first kappa shape index (κ1) is 32.4. The fourth-order valence-corrected chi connectivity index (χ4v) is 4.33. The highest BCUT2D eigenvalue weighted by molar-refractivity contribution is 5.83. The molecule has 0 aromatic rings. The first-order chi connectivity index (χ1) is 16.5. The van der Waals surface area contributed by atoms with Gasteiger partial charge in [0.05, 0.1) is 0 Å². The lowest BCUT2D eigenvalue weighted by molar-refractivity contribution is -0.143. The van der Waals surface area contributed by atoms with E-state index in [4.69, 9.17) is 10.2 Å². The highest BCUT2D eigenvalue weighted by atomic mass is 16.4. The van der Waals surface area contributed by atoms with Gasteiger partial charge in [-0.2, -0.15) is 0 Å². The van der Waals surface area contributed by atoms with Gasteiger partial charge in [-0.15, -0.1) is 0 Å². The van der Waals surface area contributed by atoms with Crippen LogP contribution in [0.3, 0.4) is 0 Å². The molecular weight excluding hydrogens is 430 g/mol. The van der Waals surface area contributed by atoms with Crippen molar-refractivity contribution in [2.45, 2.75) is 161 Å². The van der Waals surface area contributed by atoms with E-state index < -0.39 is 18.0 Å². The lowest BCUT2D eigenvalue weighted by Gasteiger charge is -2.13. The van der Waals surface area contributed by atoms with Crippen LogP contribution in [0.1, 0.15) is 155 Å². The molecule has 200 valence electrons. The monoisotopic (exact) mass is 483 g/mol. The normalized spacial score (nSPS) is 11.9. The predicted molar refractivity (Wildman–Crippen MR) is 139 cm³/mol. The summed E-state index contributed by atoms with van der Waals surface area (Å²) in [5, 5.41) is 20.2. The highest BCUT2D eigenvalue weighted by Gasteiger charge is 2.20. The number of amides is 1. The molecular formula is C28H53NO5. The van der Waals surface area contributed by atoms with Crippen molar-refractivity contribution in [1.82, 2.24) is 5.32 Å². The van der Waals surface area contributed by atoms with Gasteiger partial charge in [-0.3, -0.25) is 9.59 Å². The quantitative estimate of drug-likeness (QED) is 0.110. The SMILES string of the molecule is CCCCCCCCCCCCCCCCCCCCCCC(=O)N[C@@H](CCC(=O)O)C(=O)O. The summed E-state index contributed by atoms with van der Waals surface area (Å²) in [5.41, 5.74) is 0. The van der Waals surface area contributed by atoms with Crippen molar-refractivity contribution in [2.24, 2.45) is 0 Å². The van der Waals surface area contributed by atoms with Gasteiger partial charge in [0.2, 0.25) is 5.91 Å². The van der Waals surface area contributed by atoms with Gasteiger partial charge < -0.3 is 15.5 Å². The van der Waals surface area contributed by atoms with Gasteiger partial charge in [-0.05, 0) is 12.8 Å². The summed E-state index contributed by atoms with van der Waals surface area (Å²) in [4.78, 5) is 33.5. The molecule has 0 spiro atoms. The molecule has 0 radical (unpaired) electrons. The van der Waals surface area contributed by atoms with Crippen molar-refractivity contribution in [2.75, 3.05) is 0 Å². The van der Waals surface area contributed by atoms with Crippen LogP contribution in [0.4, 0.5) is 0 Å². The summed E-state index contributed by atoms with van der Waals surface area (Å²) in [7, 11) is 0. The number of nitrogens with one attached hydrogen (secondary N) is 1. The van der Waals surface area contributed by atoms with Gasteiger partial charge in [0, 0.05) is 12.8 Å². The molecule has 34 heavy (non-hydrogen) atoms. The van der Waals surface area contributed by atoms with Crippen molar-refractivity contribution in [3.05, 3.63) is 0 Å². The number of unbranched alkanes of at least 4 members (excludes halogenated alkanes) is 19. The van der Waals surface area contributed by atoms with Crippen LogP contribution in [-0.2, 0) is 14.4 Å². The Bertz CT molecular complexity index is 509. The molecule has 0 aromatic heterocycles. The summed E-state index contributed by atoms with van der Waals surface area (Å²) in [6.07, 6.45) is 26.0. The minimum atomic E-state index is -1.18. The number of carbonyl (C=O) groups excluding carboxylic acids is 1. The minimum Gasteiger partial charge on any atom is -0.481 e. The molecule has 0 rings (SSSR count). The molecule has 1 atom stereocenters. The lowest BCUT2D eigenvalue weighted by atomic mass is 10.0. The van der Waals surface area contributed by atoms with Crippen LogP contribution in [0.15, 0.2) is 0 Å². The van der Waals surface area contributed by atoms with Gasteiger partial charge in [0.1, 0.15) is 6.04 Å². The topological polar surface area (TPSA) is 104 Å². The van der Waals surface area contributed by atoms with Gasteiger partial charge in [-0.1, -0.05) is 129 Å². The third kappa shape index (κ3) is 23.6. The summed E-state index contributed by atoms with van der Waals surface area (Å²) >= 11 is 0. The maximum absolute atomic E-state index is 11.9. The van der Waals surface area contributed by atoms with E-state index in [1.165, 1.54) is 109 Å². The number of hydrogen-bond acceptors (Lipinski definition) is 3. The van der Waals surface area contributed by atoms with Crippen molar-refractivity contribution in [3.63, 3.8) is 0 Å².